The number of amides is 1. The van der Waals surface area contributed by atoms with Crippen molar-refractivity contribution in [3.63, 3.8) is 0 Å². The third kappa shape index (κ3) is 5.13. The Bertz CT molecular complexity index is 664. The smallest absolute Gasteiger partial charge is 0.258 e. The molecule has 0 heterocycles. The van der Waals surface area contributed by atoms with Gasteiger partial charge in [-0.15, -0.1) is 0 Å². The summed E-state index contributed by atoms with van der Waals surface area (Å²) >= 11 is 11.8. The Labute approximate surface area is 145 Å². The Kier molecular flexibility index (Phi) is 6.28. The van der Waals surface area contributed by atoms with Crippen LogP contribution in [0.2, 0.25) is 10.0 Å². The standard InChI is InChI=1S/C17H17Cl2NO3/c1-11(17(22)12-5-3-2-4-6-12)20-16(21)10-23-15-8-7-13(18)9-14(15)19/h2-9,11,17,22H,10H2,1H3,(H,20,21). The maximum Gasteiger partial charge on any atom is 0.258 e. The van der Waals surface area contributed by atoms with Gasteiger partial charge in [-0.3, -0.25) is 4.79 Å². The molecular formula is C17H17Cl2NO3. The molecule has 0 radical (unpaired) electrons. The molecule has 6 heteroatoms. The van der Waals surface area contributed by atoms with Crippen LogP contribution in [0.4, 0.5) is 0 Å². The summed E-state index contributed by atoms with van der Waals surface area (Å²) in [6.45, 7) is 1.53. The van der Waals surface area contributed by atoms with Crippen molar-refractivity contribution in [1.82, 2.24) is 5.32 Å². The molecule has 1 amide bonds. The number of hydrogen-bond acceptors (Lipinski definition) is 3. The summed E-state index contributed by atoms with van der Waals surface area (Å²) in [5.41, 5.74) is 0.738. The Hall–Kier alpha value is -1.75. The summed E-state index contributed by atoms with van der Waals surface area (Å²) in [4.78, 5) is 11.9. The number of benzene rings is 2. The van der Waals surface area contributed by atoms with Crippen LogP contribution in [0, 0.1) is 0 Å². The Morgan fingerprint density at radius 3 is 2.57 bits per heavy atom. The minimum atomic E-state index is -0.792. The highest BCUT2D eigenvalue weighted by molar-refractivity contribution is 6.35. The van der Waals surface area contributed by atoms with E-state index >= 15 is 0 Å². The van der Waals surface area contributed by atoms with Gasteiger partial charge in [0.25, 0.3) is 5.91 Å². The fourth-order valence-corrected chi connectivity index (χ4v) is 2.51. The number of carbonyl (C=O) groups is 1. The van der Waals surface area contributed by atoms with Crippen LogP contribution < -0.4 is 10.1 Å². The quantitative estimate of drug-likeness (QED) is 0.833. The van der Waals surface area contributed by atoms with Crippen LogP contribution in [0.15, 0.2) is 48.5 Å². The van der Waals surface area contributed by atoms with Gasteiger partial charge >= 0.3 is 0 Å². The minimum Gasteiger partial charge on any atom is -0.482 e. The van der Waals surface area contributed by atoms with Gasteiger partial charge in [0.15, 0.2) is 6.61 Å². The largest absolute Gasteiger partial charge is 0.482 e. The molecule has 0 aliphatic heterocycles. The second kappa shape index (κ2) is 8.20. The van der Waals surface area contributed by atoms with Crippen molar-refractivity contribution in [2.24, 2.45) is 0 Å². The first-order valence-electron chi connectivity index (χ1n) is 7.07. The van der Waals surface area contributed by atoms with Crippen LogP contribution in [0.3, 0.4) is 0 Å². The lowest BCUT2D eigenvalue weighted by molar-refractivity contribution is -0.124. The van der Waals surface area contributed by atoms with Crippen LogP contribution in [-0.2, 0) is 4.79 Å². The van der Waals surface area contributed by atoms with Crippen molar-refractivity contribution in [3.05, 3.63) is 64.1 Å². The lowest BCUT2D eigenvalue weighted by atomic mass is 10.0. The van der Waals surface area contributed by atoms with Crippen molar-refractivity contribution >= 4 is 29.1 Å². The zero-order valence-corrected chi connectivity index (χ0v) is 14.0. The summed E-state index contributed by atoms with van der Waals surface area (Å²) in [5.74, 6) is 0.0287. The molecular weight excluding hydrogens is 337 g/mol. The molecule has 4 nitrogen and oxygen atoms in total. The van der Waals surface area contributed by atoms with Gasteiger partial charge in [0.1, 0.15) is 5.75 Å². The van der Waals surface area contributed by atoms with Gasteiger partial charge in [0, 0.05) is 5.02 Å². The van der Waals surface area contributed by atoms with Crippen LogP contribution in [0.1, 0.15) is 18.6 Å². The Morgan fingerprint density at radius 1 is 1.22 bits per heavy atom. The molecule has 0 bridgehead atoms. The highest BCUT2D eigenvalue weighted by atomic mass is 35.5. The van der Waals surface area contributed by atoms with Crippen LogP contribution >= 0.6 is 23.2 Å². The first-order valence-corrected chi connectivity index (χ1v) is 7.83. The van der Waals surface area contributed by atoms with Crippen LogP contribution in [0.25, 0.3) is 0 Å². The lowest BCUT2D eigenvalue weighted by Gasteiger charge is -2.20. The number of ether oxygens (including phenoxy) is 1. The number of aliphatic hydroxyl groups excluding tert-OH is 1. The molecule has 0 saturated carbocycles. The number of aliphatic hydroxyl groups is 1. The molecule has 122 valence electrons. The molecule has 0 spiro atoms. The van der Waals surface area contributed by atoms with Crippen LogP contribution in [-0.4, -0.2) is 23.7 Å². The summed E-state index contributed by atoms with van der Waals surface area (Å²) in [5, 5.41) is 13.7. The molecule has 2 N–H and O–H groups in total. The van der Waals surface area contributed by atoms with Gasteiger partial charge in [0.2, 0.25) is 0 Å². The number of halogens is 2. The predicted molar refractivity (Wildman–Crippen MR) is 91.0 cm³/mol. The molecule has 2 atom stereocenters. The summed E-state index contributed by atoms with van der Waals surface area (Å²) in [6.07, 6.45) is -0.792. The monoisotopic (exact) mass is 353 g/mol. The summed E-state index contributed by atoms with van der Waals surface area (Å²) in [6, 6.07) is 13.4. The Morgan fingerprint density at radius 2 is 1.91 bits per heavy atom. The maximum absolute atomic E-state index is 11.9. The second-order valence-corrected chi connectivity index (χ2v) is 5.92. The minimum absolute atomic E-state index is 0.201. The van der Waals surface area contributed by atoms with E-state index in [1.54, 1.807) is 31.2 Å². The normalized spacial score (nSPS) is 13.2. The number of hydrogen-bond donors (Lipinski definition) is 2. The van der Waals surface area contributed by atoms with E-state index in [4.69, 9.17) is 27.9 Å². The zero-order chi connectivity index (χ0) is 16.8. The van der Waals surface area contributed by atoms with Crippen LogP contribution in [0.5, 0.6) is 5.75 Å². The molecule has 2 aromatic rings. The van der Waals surface area contributed by atoms with E-state index in [1.807, 2.05) is 18.2 Å². The van der Waals surface area contributed by atoms with Gasteiger partial charge in [-0.05, 0) is 30.7 Å². The van der Waals surface area contributed by atoms with Gasteiger partial charge < -0.3 is 15.2 Å². The van der Waals surface area contributed by atoms with E-state index in [0.29, 0.717) is 15.8 Å². The van der Waals surface area contributed by atoms with E-state index in [9.17, 15) is 9.90 Å². The molecule has 2 rings (SSSR count). The first kappa shape index (κ1) is 17.6. The predicted octanol–water partition coefficient (Wildman–Crippen LogP) is 3.61. The molecule has 0 aliphatic carbocycles. The fraction of sp³-hybridized carbons (Fsp3) is 0.235. The summed E-state index contributed by atoms with van der Waals surface area (Å²) < 4.78 is 5.36. The molecule has 2 unspecified atom stereocenters. The summed E-state index contributed by atoms with van der Waals surface area (Å²) in [7, 11) is 0. The fourth-order valence-electron chi connectivity index (χ4n) is 2.05. The number of rotatable bonds is 6. The molecule has 2 aromatic carbocycles. The van der Waals surface area contributed by atoms with Gasteiger partial charge in [-0.1, -0.05) is 53.5 Å². The second-order valence-electron chi connectivity index (χ2n) is 5.08. The lowest BCUT2D eigenvalue weighted by Crippen LogP contribution is -2.39. The SMILES string of the molecule is CC(NC(=O)COc1ccc(Cl)cc1Cl)C(O)c1ccccc1. The third-order valence-electron chi connectivity index (χ3n) is 3.26. The molecule has 0 aromatic heterocycles. The van der Waals surface area contributed by atoms with Crippen molar-refractivity contribution < 1.29 is 14.6 Å². The van der Waals surface area contributed by atoms with E-state index in [-0.39, 0.29) is 12.5 Å². The van der Waals surface area contributed by atoms with Gasteiger partial charge in [-0.2, -0.15) is 0 Å². The molecule has 0 fully saturated rings. The third-order valence-corrected chi connectivity index (χ3v) is 3.79. The zero-order valence-electron chi connectivity index (χ0n) is 12.5. The average Bonchev–Trinajstić information content (AvgIpc) is 2.54. The Balaban J connectivity index is 1.86. The van der Waals surface area contributed by atoms with Gasteiger partial charge in [-0.25, -0.2) is 0 Å². The van der Waals surface area contributed by atoms with E-state index in [2.05, 4.69) is 5.32 Å². The average molecular weight is 354 g/mol. The molecule has 23 heavy (non-hydrogen) atoms. The highest BCUT2D eigenvalue weighted by Gasteiger charge is 2.18. The number of nitrogens with one attached hydrogen (secondary N) is 1. The van der Waals surface area contributed by atoms with Gasteiger partial charge in [0.05, 0.1) is 17.2 Å². The van der Waals surface area contributed by atoms with E-state index < -0.39 is 12.1 Å². The topological polar surface area (TPSA) is 58.6 Å². The first-order chi connectivity index (χ1) is 11.0. The number of carbonyl (C=O) groups excluding carboxylic acids is 1. The van der Waals surface area contributed by atoms with Crippen molar-refractivity contribution in [3.8, 4) is 5.75 Å². The molecule has 0 saturated heterocycles. The highest BCUT2D eigenvalue weighted by Crippen LogP contribution is 2.27. The van der Waals surface area contributed by atoms with Crippen molar-refractivity contribution in [2.45, 2.75) is 19.1 Å². The van der Waals surface area contributed by atoms with E-state index in [0.717, 1.165) is 5.56 Å². The van der Waals surface area contributed by atoms with Crippen molar-refractivity contribution in [1.29, 1.82) is 0 Å². The van der Waals surface area contributed by atoms with Crippen molar-refractivity contribution in [2.75, 3.05) is 6.61 Å². The van der Waals surface area contributed by atoms with E-state index in [1.165, 1.54) is 6.07 Å². The molecule has 0 aliphatic rings. The maximum atomic E-state index is 11.9.